The van der Waals surface area contributed by atoms with Crippen molar-refractivity contribution in [1.82, 2.24) is 0 Å². The summed E-state index contributed by atoms with van der Waals surface area (Å²) in [5.41, 5.74) is 0.768. The fraction of sp³-hybridized carbons (Fsp3) is 0.515. The molecule has 1 atom stereocenters. The molecule has 6 heteroatoms. The van der Waals surface area contributed by atoms with Gasteiger partial charge in [-0.05, 0) is 135 Å². The molecule has 1 unspecified atom stereocenters. The van der Waals surface area contributed by atoms with Gasteiger partial charge in [-0.25, -0.2) is 13.2 Å². The molecule has 0 saturated heterocycles. The molecule has 5 rings (SSSR count). The number of allylic oxidation sites excluding steroid dienone is 3. The van der Waals surface area contributed by atoms with Crippen LogP contribution in [0.2, 0.25) is 0 Å². The summed E-state index contributed by atoms with van der Waals surface area (Å²) in [5, 5.41) is 0. The summed E-state index contributed by atoms with van der Waals surface area (Å²) in [4.78, 5) is 0. The van der Waals surface area contributed by atoms with Gasteiger partial charge in [-0.3, -0.25) is 0 Å². The maximum absolute atomic E-state index is 15.3. The van der Waals surface area contributed by atoms with Gasteiger partial charge in [-0.15, -0.1) is 6.58 Å². The average Bonchev–Trinajstić information content (AvgIpc) is 2.92. The number of hydrogen-bond acceptors (Lipinski definition) is 0. The molecule has 0 amide bonds. The molecular formula is C33H36F6. The first-order chi connectivity index (χ1) is 18.6. The van der Waals surface area contributed by atoms with E-state index in [9.17, 15) is 22.0 Å². The van der Waals surface area contributed by atoms with E-state index in [0.717, 1.165) is 47.9 Å². The minimum absolute atomic E-state index is 0.202. The molecule has 2 aromatic carbocycles. The Morgan fingerprint density at radius 1 is 0.692 bits per heavy atom. The van der Waals surface area contributed by atoms with E-state index >= 15 is 4.39 Å². The van der Waals surface area contributed by atoms with Crippen LogP contribution in [-0.4, -0.2) is 0 Å². The molecule has 39 heavy (non-hydrogen) atoms. The number of rotatable bonds is 5. The minimum atomic E-state index is -5.08. The van der Waals surface area contributed by atoms with E-state index in [1.54, 1.807) is 6.07 Å². The van der Waals surface area contributed by atoms with Crippen molar-refractivity contribution in [2.45, 2.75) is 88.6 Å². The van der Waals surface area contributed by atoms with Crippen LogP contribution in [-0.2, 0) is 6.18 Å². The highest BCUT2D eigenvalue weighted by atomic mass is 19.4. The SMILES string of the molecule is C=CC1CCC(C2CCC(c3ccc(C4=CCC(c5cc(F)c(C(F)(F)F)c(F)c5)CC4)c(F)c3)CC2)CC1. The number of benzene rings is 2. The molecule has 2 aromatic rings. The van der Waals surface area contributed by atoms with Crippen LogP contribution in [0.5, 0.6) is 0 Å². The van der Waals surface area contributed by atoms with Crippen LogP contribution in [0.4, 0.5) is 26.3 Å². The zero-order chi connectivity index (χ0) is 27.7. The highest BCUT2D eigenvalue weighted by molar-refractivity contribution is 5.67. The molecule has 2 fully saturated rings. The van der Waals surface area contributed by atoms with Gasteiger partial charge in [0.2, 0.25) is 0 Å². The van der Waals surface area contributed by atoms with Crippen LogP contribution in [0.15, 0.2) is 49.1 Å². The van der Waals surface area contributed by atoms with Crippen molar-refractivity contribution < 1.29 is 26.3 Å². The number of hydrogen-bond donors (Lipinski definition) is 0. The van der Waals surface area contributed by atoms with E-state index in [4.69, 9.17) is 0 Å². The topological polar surface area (TPSA) is 0 Å². The second-order valence-corrected chi connectivity index (χ2v) is 11.8. The monoisotopic (exact) mass is 546 g/mol. The van der Waals surface area contributed by atoms with Gasteiger partial charge in [0.05, 0.1) is 0 Å². The normalized spacial score (nSPS) is 28.2. The van der Waals surface area contributed by atoms with Crippen LogP contribution in [0.1, 0.15) is 105 Å². The van der Waals surface area contributed by atoms with E-state index in [2.05, 4.69) is 12.7 Å². The molecule has 0 spiro atoms. The Labute approximate surface area is 227 Å². The summed E-state index contributed by atoms with van der Waals surface area (Å²) in [7, 11) is 0. The van der Waals surface area contributed by atoms with Crippen molar-refractivity contribution in [1.29, 1.82) is 0 Å². The average molecular weight is 547 g/mol. The Morgan fingerprint density at radius 3 is 1.79 bits per heavy atom. The fourth-order valence-corrected chi connectivity index (χ4v) is 7.30. The minimum Gasteiger partial charge on any atom is -0.206 e. The van der Waals surface area contributed by atoms with Gasteiger partial charge in [0, 0.05) is 5.56 Å². The van der Waals surface area contributed by atoms with Crippen LogP contribution >= 0.6 is 0 Å². The lowest BCUT2D eigenvalue weighted by molar-refractivity contribution is -0.142. The molecule has 0 radical (unpaired) electrons. The largest absolute Gasteiger partial charge is 0.422 e. The third-order valence-corrected chi connectivity index (χ3v) is 9.63. The molecule has 0 heterocycles. The van der Waals surface area contributed by atoms with E-state index < -0.39 is 23.4 Å². The van der Waals surface area contributed by atoms with E-state index in [1.165, 1.54) is 38.5 Å². The Morgan fingerprint density at radius 2 is 1.28 bits per heavy atom. The molecule has 0 aliphatic heterocycles. The van der Waals surface area contributed by atoms with E-state index in [-0.39, 0.29) is 17.3 Å². The zero-order valence-corrected chi connectivity index (χ0v) is 22.2. The van der Waals surface area contributed by atoms with Gasteiger partial charge < -0.3 is 0 Å². The Hall–Kier alpha value is -2.50. The number of alkyl halides is 3. The molecule has 3 aliphatic rings. The molecule has 2 saturated carbocycles. The highest BCUT2D eigenvalue weighted by Crippen LogP contribution is 2.45. The Balaban J connectivity index is 1.20. The van der Waals surface area contributed by atoms with Gasteiger partial charge in [0.25, 0.3) is 0 Å². The molecular weight excluding hydrogens is 510 g/mol. The summed E-state index contributed by atoms with van der Waals surface area (Å²) in [6, 6.07) is 7.11. The van der Waals surface area contributed by atoms with Crippen LogP contribution in [0.3, 0.4) is 0 Å². The van der Waals surface area contributed by atoms with E-state index in [1.807, 2.05) is 18.2 Å². The lowest BCUT2D eigenvalue weighted by atomic mass is 9.68. The quantitative estimate of drug-likeness (QED) is 0.258. The van der Waals surface area contributed by atoms with Gasteiger partial charge >= 0.3 is 6.18 Å². The van der Waals surface area contributed by atoms with E-state index in [0.29, 0.717) is 36.7 Å². The molecule has 0 bridgehead atoms. The summed E-state index contributed by atoms with van der Waals surface area (Å²) < 4.78 is 82.1. The molecule has 210 valence electrons. The van der Waals surface area contributed by atoms with Crippen molar-refractivity contribution in [3.63, 3.8) is 0 Å². The molecule has 0 aromatic heterocycles. The predicted molar refractivity (Wildman–Crippen MR) is 143 cm³/mol. The van der Waals surface area contributed by atoms with Crippen molar-refractivity contribution in [2.24, 2.45) is 17.8 Å². The summed E-state index contributed by atoms with van der Waals surface area (Å²) in [6.07, 6.45) is 9.95. The molecule has 3 aliphatic carbocycles. The second kappa shape index (κ2) is 11.5. The van der Waals surface area contributed by atoms with Gasteiger partial charge in [-0.2, -0.15) is 13.2 Å². The third kappa shape index (κ3) is 6.15. The standard InChI is InChI=1S/C33H36F6/c1-2-20-3-5-21(6-4-20)22-7-9-23(10-8-22)26-15-16-28(29(34)17-26)25-13-11-24(12-14-25)27-18-30(35)32(31(36)19-27)33(37,38)39/h2,13,15-24H,1,3-12,14H2. The first kappa shape index (κ1) is 28.0. The first-order valence-corrected chi connectivity index (χ1v) is 14.3. The van der Waals surface area contributed by atoms with Crippen molar-refractivity contribution in [3.8, 4) is 0 Å². The summed E-state index contributed by atoms with van der Waals surface area (Å²) in [5.74, 6) is -1.10. The van der Waals surface area contributed by atoms with Crippen LogP contribution in [0, 0.1) is 35.2 Å². The molecule has 0 N–H and O–H groups in total. The van der Waals surface area contributed by atoms with Crippen LogP contribution < -0.4 is 0 Å². The smallest absolute Gasteiger partial charge is 0.206 e. The Bertz CT molecular complexity index is 1190. The van der Waals surface area contributed by atoms with Gasteiger partial charge in [0.1, 0.15) is 23.0 Å². The predicted octanol–water partition coefficient (Wildman–Crippen LogP) is 10.7. The van der Waals surface area contributed by atoms with Gasteiger partial charge in [-0.1, -0.05) is 24.3 Å². The zero-order valence-electron chi connectivity index (χ0n) is 22.2. The van der Waals surface area contributed by atoms with Crippen molar-refractivity contribution in [3.05, 3.63) is 88.8 Å². The molecule has 0 nitrogen and oxygen atoms in total. The lowest BCUT2D eigenvalue weighted by Crippen LogP contribution is -2.25. The Kier molecular flexibility index (Phi) is 8.30. The third-order valence-electron chi connectivity index (χ3n) is 9.63. The van der Waals surface area contributed by atoms with Crippen molar-refractivity contribution in [2.75, 3.05) is 0 Å². The number of halogens is 6. The van der Waals surface area contributed by atoms with Gasteiger partial charge in [0.15, 0.2) is 0 Å². The fourth-order valence-electron chi connectivity index (χ4n) is 7.30. The summed E-state index contributed by atoms with van der Waals surface area (Å²) in [6.45, 7) is 3.95. The lowest BCUT2D eigenvalue weighted by Gasteiger charge is -2.37. The first-order valence-electron chi connectivity index (χ1n) is 14.3. The van der Waals surface area contributed by atoms with Crippen molar-refractivity contribution >= 4 is 5.57 Å². The summed E-state index contributed by atoms with van der Waals surface area (Å²) >= 11 is 0. The maximum atomic E-state index is 15.3. The highest BCUT2D eigenvalue weighted by Gasteiger charge is 2.38. The second-order valence-electron chi connectivity index (χ2n) is 11.8. The van der Waals surface area contributed by atoms with Crippen LogP contribution in [0.25, 0.3) is 5.57 Å². The maximum Gasteiger partial charge on any atom is 0.422 e.